The normalized spacial score (nSPS) is 9.95. The van der Waals surface area contributed by atoms with Gasteiger partial charge in [-0.1, -0.05) is 0 Å². The third-order valence-corrected chi connectivity index (χ3v) is 2.60. The lowest BCUT2D eigenvalue weighted by Gasteiger charge is -2.08. The molecule has 0 aliphatic heterocycles. The van der Waals surface area contributed by atoms with Crippen LogP contribution in [0.25, 0.3) is 11.1 Å². The lowest BCUT2D eigenvalue weighted by atomic mass is 9.97. The molecule has 5 heteroatoms. The molecule has 94 valence electrons. The molecule has 3 nitrogen and oxygen atoms in total. The van der Waals surface area contributed by atoms with E-state index in [9.17, 15) is 13.6 Å². The molecule has 0 saturated heterocycles. The minimum atomic E-state index is -1.29. The Labute approximate surface area is 107 Å². The Bertz CT molecular complexity index is 705. The smallest absolute Gasteiger partial charge is 0.336 e. The number of benzene rings is 2. The highest BCUT2D eigenvalue weighted by atomic mass is 19.1. The number of halogens is 2. The van der Waals surface area contributed by atoms with Gasteiger partial charge in [-0.2, -0.15) is 5.26 Å². The largest absolute Gasteiger partial charge is 0.478 e. The zero-order valence-corrected chi connectivity index (χ0v) is 9.52. The molecule has 0 aliphatic carbocycles. The highest BCUT2D eigenvalue weighted by molar-refractivity contribution is 5.96. The van der Waals surface area contributed by atoms with E-state index in [-0.39, 0.29) is 22.3 Å². The molecule has 2 aromatic carbocycles. The van der Waals surface area contributed by atoms with Crippen LogP contribution in [0, 0.1) is 23.0 Å². The first-order valence-electron chi connectivity index (χ1n) is 5.26. The summed E-state index contributed by atoms with van der Waals surface area (Å²) in [6, 6.07) is 8.30. The Morgan fingerprint density at radius 1 is 1.11 bits per heavy atom. The third kappa shape index (κ3) is 2.43. The van der Waals surface area contributed by atoms with Crippen molar-refractivity contribution in [2.75, 3.05) is 0 Å². The number of rotatable bonds is 2. The number of hydrogen-bond acceptors (Lipinski definition) is 2. The number of aromatic carboxylic acids is 1. The first kappa shape index (κ1) is 12.7. The Morgan fingerprint density at radius 3 is 2.47 bits per heavy atom. The molecule has 0 fully saturated rings. The van der Waals surface area contributed by atoms with Crippen molar-refractivity contribution in [3.05, 3.63) is 59.2 Å². The van der Waals surface area contributed by atoms with Gasteiger partial charge >= 0.3 is 5.97 Å². The quantitative estimate of drug-likeness (QED) is 0.900. The van der Waals surface area contributed by atoms with Gasteiger partial charge < -0.3 is 5.11 Å². The second-order valence-electron chi connectivity index (χ2n) is 3.80. The second-order valence-corrected chi connectivity index (χ2v) is 3.80. The molecule has 0 amide bonds. The number of carbonyl (C=O) groups is 1. The molecule has 0 saturated carbocycles. The van der Waals surface area contributed by atoms with Crippen LogP contribution in [0.4, 0.5) is 8.78 Å². The zero-order chi connectivity index (χ0) is 14.0. The Kier molecular flexibility index (Phi) is 3.25. The van der Waals surface area contributed by atoms with Crippen molar-refractivity contribution in [3.8, 4) is 17.2 Å². The first-order chi connectivity index (χ1) is 9.02. The molecule has 0 spiro atoms. The van der Waals surface area contributed by atoms with E-state index >= 15 is 0 Å². The van der Waals surface area contributed by atoms with Gasteiger partial charge in [-0.3, -0.25) is 0 Å². The average molecular weight is 259 g/mol. The summed E-state index contributed by atoms with van der Waals surface area (Å²) in [6.45, 7) is 0. The Hall–Kier alpha value is -2.74. The van der Waals surface area contributed by atoms with Crippen LogP contribution in [-0.2, 0) is 0 Å². The summed E-state index contributed by atoms with van der Waals surface area (Å²) in [4.78, 5) is 11.1. The summed E-state index contributed by atoms with van der Waals surface area (Å²) >= 11 is 0. The maximum Gasteiger partial charge on any atom is 0.336 e. The molecular weight excluding hydrogens is 252 g/mol. The van der Waals surface area contributed by atoms with E-state index in [1.165, 1.54) is 12.1 Å². The Balaban J connectivity index is 2.74. The highest BCUT2D eigenvalue weighted by Crippen LogP contribution is 2.28. The lowest BCUT2D eigenvalue weighted by Crippen LogP contribution is -2.01. The summed E-state index contributed by atoms with van der Waals surface area (Å²) in [5.74, 6) is -2.69. The van der Waals surface area contributed by atoms with Crippen LogP contribution in [0.5, 0.6) is 0 Å². The third-order valence-electron chi connectivity index (χ3n) is 2.60. The average Bonchev–Trinajstić information content (AvgIpc) is 2.38. The molecule has 0 radical (unpaired) electrons. The van der Waals surface area contributed by atoms with Crippen molar-refractivity contribution in [3.63, 3.8) is 0 Å². The van der Waals surface area contributed by atoms with Crippen LogP contribution < -0.4 is 0 Å². The van der Waals surface area contributed by atoms with Crippen LogP contribution >= 0.6 is 0 Å². The minimum Gasteiger partial charge on any atom is -0.478 e. The molecule has 19 heavy (non-hydrogen) atoms. The fourth-order valence-electron chi connectivity index (χ4n) is 1.73. The molecule has 0 aromatic heterocycles. The summed E-state index contributed by atoms with van der Waals surface area (Å²) < 4.78 is 27.0. The molecule has 0 heterocycles. The van der Waals surface area contributed by atoms with Crippen LogP contribution in [0.15, 0.2) is 36.4 Å². The van der Waals surface area contributed by atoms with E-state index in [2.05, 4.69) is 0 Å². The van der Waals surface area contributed by atoms with Crippen molar-refractivity contribution >= 4 is 5.97 Å². The molecular formula is C14H7F2NO2. The summed E-state index contributed by atoms with van der Waals surface area (Å²) in [7, 11) is 0. The number of nitriles is 1. The van der Waals surface area contributed by atoms with Gasteiger partial charge in [0.25, 0.3) is 0 Å². The molecule has 2 rings (SSSR count). The van der Waals surface area contributed by atoms with Gasteiger partial charge in [0.2, 0.25) is 0 Å². The predicted octanol–water partition coefficient (Wildman–Crippen LogP) is 3.20. The van der Waals surface area contributed by atoms with E-state index in [1.54, 1.807) is 0 Å². The van der Waals surface area contributed by atoms with Crippen molar-refractivity contribution in [2.24, 2.45) is 0 Å². The fraction of sp³-hybridized carbons (Fsp3) is 0. The van der Waals surface area contributed by atoms with Gasteiger partial charge in [-0.05, 0) is 36.4 Å². The zero-order valence-electron chi connectivity index (χ0n) is 9.52. The molecule has 0 atom stereocenters. The van der Waals surface area contributed by atoms with Crippen molar-refractivity contribution < 1.29 is 18.7 Å². The lowest BCUT2D eigenvalue weighted by molar-refractivity contribution is 0.0697. The summed E-state index contributed by atoms with van der Waals surface area (Å²) in [5.41, 5.74) is -0.273. The van der Waals surface area contributed by atoms with E-state index in [1.807, 2.05) is 6.07 Å². The van der Waals surface area contributed by atoms with E-state index in [0.717, 1.165) is 24.3 Å². The van der Waals surface area contributed by atoms with Crippen LogP contribution in [0.3, 0.4) is 0 Å². The highest BCUT2D eigenvalue weighted by Gasteiger charge is 2.16. The van der Waals surface area contributed by atoms with Crippen LogP contribution in [0.1, 0.15) is 15.9 Å². The van der Waals surface area contributed by atoms with Gasteiger partial charge in [0.15, 0.2) is 0 Å². The van der Waals surface area contributed by atoms with E-state index in [0.29, 0.717) is 0 Å². The van der Waals surface area contributed by atoms with Crippen LogP contribution in [-0.4, -0.2) is 11.1 Å². The minimum absolute atomic E-state index is 0.0953. The number of carboxylic acid groups (broad SMARTS) is 1. The van der Waals surface area contributed by atoms with Crippen molar-refractivity contribution in [1.29, 1.82) is 5.26 Å². The molecule has 2 aromatic rings. The van der Waals surface area contributed by atoms with Crippen LogP contribution in [0.2, 0.25) is 0 Å². The topological polar surface area (TPSA) is 61.1 Å². The summed E-state index contributed by atoms with van der Waals surface area (Å²) in [5, 5.41) is 17.8. The van der Waals surface area contributed by atoms with Gasteiger partial charge in [-0.15, -0.1) is 0 Å². The van der Waals surface area contributed by atoms with E-state index < -0.39 is 17.6 Å². The molecule has 0 bridgehead atoms. The van der Waals surface area contributed by atoms with Gasteiger partial charge in [0.05, 0.1) is 17.2 Å². The maximum atomic E-state index is 13.7. The van der Waals surface area contributed by atoms with Gasteiger partial charge in [0.1, 0.15) is 11.6 Å². The Morgan fingerprint density at radius 2 is 1.84 bits per heavy atom. The van der Waals surface area contributed by atoms with Gasteiger partial charge in [-0.25, -0.2) is 13.6 Å². The van der Waals surface area contributed by atoms with E-state index in [4.69, 9.17) is 10.4 Å². The number of nitrogens with zero attached hydrogens (tertiary/aromatic N) is 1. The SMILES string of the molecule is N#Cc1ccc(F)c(-c2cc(F)ccc2C(=O)O)c1. The van der Waals surface area contributed by atoms with Gasteiger partial charge in [0, 0.05) is 11.1 Å². The predicted molar refractivity (Wildman–Crippen MR) is 63.5 cm³/mol. The van der Waals surface area contributed by atoms with Crippen molar-refractivity contribution in [1.82, 2.24) is 0 Å². The monoisotopic (exact) mass is 259 g/mol. The molecule has 0 unspecified atom stereocenters. The van der Waals surface area contributed by atoms with Crippen molar-refractivity contribution in [2.45, 2.75) is 0 Å². The molecule has 0 aliphatic rings. The molecule has 1 N–H and O–H groups in total. The number of carboxylic acids is 1. The fourth-order valence-corrected chi connectivity index (χ4v) is 1.73. The second kappa shape index (κ2) is 4.86. The maximum absolute atomic E-state index is 13.7. The first-order valence-corrected chi connectivity index (χ1v) is 5.26. The standard InChI is InChI=1S/C14H7F2NO2/c15-9-2-3-10(14(18)19)11(6-9)12-5-8(7-17)1-4-13(12)16/h1-6H,(H,18,19). The summed E-state index contributed by atoms with van der Waals surface area (Å²) in [6.07, 6.45) is 0. The number of hydrogen-bond donors (Lipinski definition) is 1.